The van der Waals surface area contributed by atoms with Crippen LogP contribution in [0.3, 0.4) is 0 Å². The maximum atomic E-state index is 14.3. The summed E-state index contributed by atoms with van der Waals surface area (Å²) in [6.45, 7) is 6.74. The zero-order valence-electron chi connectivity index (χ0n) is 20.8. The molecule has 1 aromatic heterocycles. The molecule has 3 aromatic rings. The highest BCUT2D eigenvalue weighted by Crippen LogP contribution is 2.19. The van der Waals surface area contributed by atoms with Crippen LogP contribution >= 0.6 is 0 Å². The molecule has 0 N–H and O–H groups in total. The Morgan fingerprint density at radius 3 is 2.25 bits per heavy atom. The highest BCUT2D eigenvalue weighted by molar-refractivity contribution is 5.96. The van der Waals surface area contributed by atoms with E-state index in [-0.39, 0.29) is 18.0 Å². The quantitative estimate of drug-likeness (QED) is 0.476. The minimum Gasteiger partial charge on any atom is -0.352 e. The van der Waals surface area contributed by atoms with Crippen LogP contribution in [-0.4, -0.2) is 71.1 Å². The molecule has 2 amide bonds. The van der Waals surface area contributed by atoms with Gasteiger partial charge in [-0.2, -0.15) is 0 Å². The number of amides is 2. The van der Waals surface area contributed by atoms with Gasteiger partial charge >= 0.3 is 0 Å². The number of anilines is 1. The second kappa shape index (κ2) is 11.7. The van der Waals surface area contributed by atoms with Gasteiger partial charge in [0.2, 0.25) is 5.91 Å². The number of benzene rings is 2. The number of halogens is 1. The Labute approximate surface area is 211 Å². The van der Waals surface area contributed by atoms with Crippen molar-refractivity contribution < 1.29 is 14.0 Å². The average Bonchev–Trinajstić information content (AvgIpc) is 2.91. The number of rotatable bonds is 8. The Morgan fingerprint density at radius 2 is 1.61 bits per heavy atom. The summed E-state index contributed by atoms with van der Waals surface area (Å²) in [5, 5.41) is 8.75. The molecule has 0 aliphatic carbocycles. The van der Waals surface area contributed by atoms with Crippen LogP contribution in [0.15, 0.2) is 66.7 Å². The van der Waals surface area contributed by atoms with Crippen LogP contribution in [-0.2, 0) is 4.79 Å². The van der Waals surface area contributed by atoms with Crippen LogP contribution < -0.4 is 4.90 Å². The van der Waals surface area contributed by atoms with Gasteiger partial charge < -0.3 is 14.7 Å². The first-order valence-corrected chi connectivity index (χ1v) is 12.4. The Morgan fingerprint density at radius 1 is 0.917 bits per heavy atom. The lowest BCUT2D eigenvalue weighted by molar-refractivity contribution is -0.132. The lowest BCUT2D eigenvalue weighted by Gasteiger charge is -2.36. The van der Waals surface area contributed by atoms with E-state index in [4.69, 9.17) is 0 Å². The number of carbonyl (C=O) groups is 2. The standard InChI is InChI=1S/C28H32FN5O2/c1-21(2)14-15-34(28(36)23-10-6-7-11-24(23)29)20-27(35)33-18-16-32(17-19-33)26-13-12-25(30-31-26)22-8-4-3-5-9-22/h3-13,21H,14-20H2,1-2H3. The van der Waals surface area contributed by atoms with Gasteiger partial charge in [0, 0.05) is 38.3 Å². The fourth-order valence-corrected chi connectivity index (χ4v) is 4.18. The van der Waals surface area contributed by atoms with Gasteiger partial charge in [0.1, 0.15) is 12.4 Å². The van der Waals surface area contributed by atoms with E-state index in [2.05, 4.69) is 28.9 Å². The lowest BCUT2D eigenvalue weighted by atomic mass is 10.1. The highest BCUT2D eigenvalue weighted by atomic mass is 19.1. The fraction of sp³-hybridized carbons (Fsp3) is 0.357. The molecule has 0 spiro atoms. The monoisotopic (exact) mass is 489 g/mol. The van der Waals surface area contributed by atoms with Crippen molar-refractivity contribution in [3.63, 3.8) is 0 Å². The summed E-state index contributed by atoms with van der Waals surface area (Å²) in [5.41, 5.74) is 1.82. The van der Waals surface area contributed by atoms with Gasteiger partial charge in [-0.15, -0.1) is 10.2 Å². The third kappa shape index (κ3) is 6.24. The van der Waals surface area contributed by atoms with E-state index in [0.29, 0.717) is 38.6 Å². The molecule has 8 heteroatoms. The van der Waals surface area contributed by atoms with Gasteiger partial charge in [-0.05, 0) is 36.6 Å². The smallest absolute Gasteiger partial charge is 0.257 e. The molecular formula is C28H32FN5O2. The summed E-state index contributed by atoms with van der Waals surface area (Å²) in [5.74, 6) is -0.0235. The topological polar surface area (TPSA) is 69.6 Å². The summed E-state index contributed by atoms with van der Waals surface area (Å²) < 4.78 is 14.3. The molecule has 0 bridgehead atoms. The van der Waals surface area contributed by atoms with Crippen molar-refractivity contribution in [2.45, 2.75) is 20.3 Å². The zero-order chi connectivity index (χ0) is 25.5. The van der Waals surface area contributed by atoms with Crippen molar-refractivity contribution >= 4 is 17.6 Å². The van der Waals surface area contributed by atoms with Crippen molar-refractivity contribution in [3.05, 3.63) is 78.1 Å². The van der Waals surface area contributed by atoms with Gasteiger partial charge in [-0.25, -0.2) is 4.39 Å². The van der Waals surface area contributed by atoms with Crippen molar-refractivity contribution in [1.29, 1.82) is 0 Å². The number of aromatic nitrogens is 2. The first-order chi connectivity index (χ1) is 17.4. The zero-order valence-corrected chi connectivity index (χ0v) is 20.8. The number of hydrogen-bond acceptors (Lipinski definition) is 5. The molecule has 2 heterocycles. The van der Waals surface area contributed by atoms with Crippen molar-refractivity contribution in [2.75, 3.05) is 44.2 Å². The normalized spacial score (nSPS) is 13.7. The molecule has 188 valence electrons. The summed E-state index contributed by atoms with van der Waals surface area (Å²) in [6, 6.07) is 19.7. The SMILES string of the molecule is CC(C)CCN(CC(=O)N1CCN(c2ccc(-c3ccccc3)nn2)CC1)C(=O)c1ccccc1F. The van der Waals surface area contributed by atoms with E-state index < -0.39 is 11.7 Å². The van der Waals surface area contributed by atoms with Crippen molar-refractivity contribution in [3.8, 4) is 11.3 Å². The van der Waals surface area contributed by atoms with E-state index in [0.717, 1.165) is 23.5 Å². The number of piperazine rings is 1. The third-order valence-corrected chi connectivity index (χ3v) is 6.37. The molecule has 1 aliphatic rings. The largest absolute Gasteiger partial charge is 0.352 e. The van der Waals surface area contributed by atoms with E-state index in [1.807, 2.05) is 42.5 Å². The Kier molecular flexibility index (Phi) is 8.25. The summed E-state index contributed by atoms with van der Waals surface area (Å²) in [4.78, 5) is 31.5. The molecule has 0 radical (unpaired) electrons. The summed E-state index contributed by atoms with van der Waals surface area (Å²) >= 11 is 0. The number of nitrogens with zero attached hydrogens (tertiary/aromatic N) is 5. The second-order valence-electron chi connectivity index (χ2n) is 9.40. The summed E-state index contributed by atoms with van der Waals surface area (Å²) in [7, 11) is 0. The van der Waals surface area contributed by atoms with Gasteiger partial charge in [0.05, 0.1) is 11.3 Å². The van der Waals surface area contributed by atoms with Crippen LogP contribution in [0, 0.1) is 11.7 Å². The molecule has 1 saturated heterocycles. The molecule has 0 saturated carbocycles. The van der Waals surface area contributed by atoms with Gasteiger partial charge in [-0.3, -0.25) is 9.59 Å². The van der Waals surface area contributed by atoms with Gasteiger partial charge in [0.25, 0.3) is 5.91 Å². The number of hydrogen-bond donors (Lipinski definition) is 0. The van der Waals surface area contributed by atoms with E-state index in [9.17, 15) is 14.0 Å². The fourth-order valence-electron chi connectivity index (χ4n) is 4.18. The molecular weight excluding hydrogens is 457 g/mol. The second-order valence-corrected chi connectivity index (χ2v) is 9.40. The molecule has 0 unspecified atom stereocenters. The molecule has 36 heavy (non-hydrogen) atoms. The Hall–Kier alpha value is -3.81. The van der Waals surface area contributed by atoms with Crippen LogP contribution in [0.25, 0.3) is 11.3 Å². The average molecular weight is 490 g/mol. The van der Waals surface area contributed by atoms with Gasteiger partial charge in [0.15, 0.2) is 5.82 Å². The van der Waals surface area contributed by atoms with E-state index in [1.54, 1.807) is 17.0 Å². The molecule has 7 nitrogen and oxygen atoms in total. The van der Waals surface area contributed by atoms with Crippen LogP contribution in [0.4, 0.5) is 10.2 Å². The van der Waals surface area contributed by atoms with Crippen LogP contribution in [0.5, 0.6) is 0 Å². The molecule has 2 aromatic carbocycles. The van der Waals surface area contributed by atoms with Crippen molar-refractivity contribution in [1.82, 2.24) is 20.0 Å². The maximum Gasteiger partial charge on any atom is 0.257 e. The first kappa shape index (κ1) is 25.3. The van der Waals surface area contributed by atoms with Crippen LogP contribution in [0.2, 0.25) is 0 Å². The molecule has 1 aliphatic heterocycles. The summed E-state index contributed by atoms with van der Waals surface area (Å²) in [6.07, 6.45) is 0.735. The lowest BCUT2D eigenvalue weighted by Crippen LogP contribution is -2.52. The Balaban J connectivity index is 1.36. The first-order valence-electron chi connectivity index (χ1n) is 12.4. The Bertz CT molecular complexity index is 1160. The minimum atomic E-state index is -0.572. The van der Waals surface area contributed by atoms with Crippen molar-refractivity contribution in [2.24, 2.45) is 5.92 Å². The van der Waals surface area contributed by atoms with E-state index in [1.165, 1.54) is 17.0 Å². The number of carbonyl (C=O) groups excluding carboxylic acids is 2. The van der Waals surface area contributed by atoms with Gasteiger partial charge in [-0.1, -0.05) is 56.3 Å². The predicted molar refractivity (Wildman–Crippen MR) is 138 cm³/mol. The highest BCUT2D eigenvalue weighted by Gasteiger charge is 2.27. The van der Waals surface area contributed by atoms with E-state index >= 15 is 0 Å². The molecule has 0 atom stereocenters. The third-order valence-electron chi connectivity index (χ3n) is 6.37. The van der Waals surface area contributed by atoms with Crippen LogP contribution in [0.1, 0.15) is 30.6 Å². The molecule has 1 fully saturated rings. The molecule has 4 rings (SSSR count). The maximum absolute atomic E-state index is 14.3. The minimum absolute atomic E-state index is 0.00333. The predicted octanol–water partition coefficient (Wildman–Crippen LogP) is 4.12.